The van der Waals surface area contributed by atoms with Gasteiger partial charge in [0.25, 0.3) is 0 Å². The van der Waals surface area contributed by atoms with Crippen molar-refractivity contribution in [2.45, 2.75) is 31.9 Å². The molecule has 182 valence electrons. The van der Waals surface area contributed by atoms with E-state index < -0.39 is 6.10 Å². The van der Waals surface area contributed by atoms with Gasteiger partial charge in [0.2, 0.25) is 17.5 Å². The number of methoxy groups -OCH3 is 3. The lowest BCUT2D eigenvalue weighted by atomic mass is 10.1. The molecule has 34 heavy (non-hydrogen) atoms. The van der Waals surface area contributed by atoms with Crippen LogP contribution in [0.3, 0.4) is 0 Å². The highest BCUT2D eigenvalue weighted by Gasteiger charge is 2.18. The lowest BCUT2D eigenvalue weighted by Gasteiger charge is -2.24. The summed E-state index contributed by atoms with van der Waals surface area (Å²) in [4.78, 5) is 6.76. The van der Waals surface area contributed by atoms with E-state index in [0.29, 0.717) is 60.5 Å². The van der Waals surface area contributed by atoms with Crippen molar-refractivity contribution in [2.75, 3.05) is 34.4 Å². The van der Waals surface area contributed by atoms with Crippen molar-refractivity contribution in [3.05, 3.63) is 66.6 Å². The normalized spacial score (nSPS) is 11.9. The van der Waals surface area contributed by atoms with E-state index in [1.807, 2.05) is 24.3 Å². The van der Waals surface area contributed by atoms with E-state index in [2.05, 4.69) is 33.8 Å². The third-order valence-corrected chi connectivity index (χ3v) is 5.45. The zero-order valence-electron chi connectivity index (χ0n) is 20.1. The quantitative estimate of drug-likeness (QED) is 0.354. The SMILES string of the molecule is C=CCC[C@H](O)CN(CCc1nc(-c2cc(OC)c(OC)c(OC)c2)no1)Cc1ccccc1. The molecule has 1 atom stereocenters. The number of nitrogens with zero attached hydrogens (tertiary/aromatic N) is 3. The summed E-state index contributed by atoms with van der Waals surface area (Å²) in [5, 5.41) is 14.6. The summed E-state index contributed by atoms with van der Waals surface area (Å²) < 4.78 is 21.7. The molecule has 3 rings (SSSR count). The van der Waals surface area contributed by atoms with Crippen molar-refractivity contribution >= 4 is 0 Å². The number of hydrogen-bond donors (Lipinski definition) is 1. The maximum absolute atomic E-state index is 10.4. The van der Waals surface area contributed by atoms with E-state index in [-0.39, 0.29) is 0 Å². The van der Waals surface area contributed by atoms with Crippen molar-refractivity contribution < 1.29 is 23.8 Å². The first-order valence-corrected chi connectivity index (χ1v) is 11.3. The third-order valence-electron chi connectivity index (χ3n) is 5.45. The minimum atomic E-state index is -0.431. The highest BCUT2D eigenvalue weighted by molar-refractivity contribution is 5.66. The molecule has 0 aliphatic carbocycles. The second kappa shape index (κ2) is 12.8. The van der Waals surface area contributed by atoms with Crippen LogP contribution in [0.4, 0.5) is 0 Å². The van der Waals surface area contributed by atoms with Crippen LogP contribution in [0, 0.1) is 0 Å². The van der Waals surface area contributed by atoms with Crippen LogP contribution in [0.1, 0.15) is 24.3 Å². The summed E-state index contributed by atoms with van der Waals surface area (Å²) >= 11 is 0. The maximum atomic E-state index is 10.4. The van der Waals surface area contributed by atoms with Gasteiger partial charge in [-0.25, -0.2) is 0 Å². The number of ether oxygens (including phenoxy) is 3. The Labute approximate surface area is 200 Å². The molecule has 0 unspecified atom stereocenters. The molecule has 1 N–H and O–H groups in total. The molecule has 3 aromatic rings. The van der Waals surface area contributed by atoms with E-state index in [1.54, 1.807) is 33.5 Å². The predicted molar refractivity (Wildman–Crippen MR) is 130 cm³/mol. The molecule has 0 aliphatic heterocycles. The number of aliphatic hydroxyl groups is 1. The molecule has 8 heteroatoms. The van der Waals surface area contributed by atoms with Gasteiger partial charge in [-0.2, -0.15) is 4.98 Å². The molecule has 1 heterocycles. The Morgan fingerprint density at radius 1 is 1.09 bits per heavy atom. The number of aliphatic hydroxyl groups excluding tert-OH is 1. The van der Waals surface area contributed by atoms with Gasteiger partial charge >= 0.3 is 0 Å². The predicted octanol–water partition coefficient (Wildman–Crippen LogP) is 4.13. The Morgan fingerprint density at radius 3 is 2.41 bits per heavy atom. The van der Waals surface area contributed by atoms with Crippen molar-refractivity contribution in [3.8, 4) is 28.6 Å². The largest absolute Gasteiger partial charge is 0.493 e. The average Bonchev–Trinajstić information content (AvgIpc) is 3.34. The summed E-state index contributed by atoms with van der Waals surface area (Å²) in [6.45, 7) is 5.68. The molecule has 8 nitrogen and oxygen atoms in total. The fraction of sp³-hybridized carbons (Fsp3) is 0.385. The van der Waals surface area contributed by atoms with Crippen LogP contribution in [-0.4, -0.2) is 60.7 Å². The molecule has 0 saturated carbocycles. The van der Waals surface area contributed by atoms with Gasteiger partial charge in [0.1, 0.15) is 0 Å². The Kier molecular flexibility index (Phi) is 9.49. The van der Waals surface area contributed by atoms with E-state index in [0.717, 1.165) is 13.0 Å². The van der Waals surface area contributed by atoms with Crippen LogP contribution in [0.25, 0.3) is 11.4 Å². The van der Waals surface area contributed by atoms with Gasteiger partial charge in [-0.1, -0.05) is 41.6 Å². The Bertz CT molecular complexity index is 1010. The molecule has 0 fully saturated rings. The Morgan fingerprint density at radius 2 is 1.79 bits per heavy atom. The Hall–Kier alpha value is -3.36. The summed E-state index contributed by atoms with van der Waals surface area (Å²) in [6, 6.07) is 13.8. The monoisotopic (exact) mass is 467 g/mol. The van der Waals surface area contributed by atoms with E-state index >= 15 is 0 Å². The minimum Gasteiger partial charge on any atom is -0.493 e. The van der Waals surface area contributed by atoms with E-state index in [4.69, 9.17) is 18.7 Å². The number of allylic oxidation sites excluding steroid dienone is 1. The highest BCUT2D eigenvalue weighted by atomic mass is 16.5. The fourth-order valence-electron chi connectivity index (χ4n) is 3.71. The molecule has 0 saturated heterocycles. The van der Waals surface area contributed by atoms with Gasteiger partial charge < -0.3 is 23.8 Å². The van der Waals surface area contributed by atoms with Crippen molar-refractivity contribution in [2.24, 2.45) is 0 Å². The van der Waals surface area contributed by atoms with Crippen molar-refractivity contribution in [3.63, 3.8) is 0 Å². The lowest BCUT2D eigenvalue weighted by molar-refractivity contribution is 0.101. The maximum Gasteiger partial charge on any atom is 0.228 e. The third kappa shape index (κ3) is 6.82. The molecular weight excluding hydrogens is 434 g/mol. The molecular formula is C26H33N3O5. The standard InChI is InChI=1S/C26H33N3O5/c1-5-6-12-21(30)18-29(17-19-10-8-7-9-11-19)14-13-24-27-26(28-34-24)20-15-22(31-2)25(33-4)23(16-20)32-3/h5,7-11,15-16,21,30H,1,6,12-14,17-18H2,2-4H3/t21-/m0/s1. The van der Waals surface area contributed by atoms with Crippen molar-refractivity contribution in [1.82, 2.24) is 15.0 Å². The Balaban J connectivity index is 1.72. The van der Waals surface area contributed by atoms with Crippen LogP contribution < -0.4 is 14.2 Å². The summed E-state index contributed by atoms with van der Waals surface area (Å²) in [7, 11) is 4.68. The van der Waals surface area contributed by atoms with Crippen LogP contribution in [-0.2, 0) is 13.0 Å². The molecule has 0 spiro atoms. The molecule has 1 aromatic heterocycles. The van der Waals surface area contributed by atoms with E-state index in [1.165, 1.54) is 5.56 Å². The number of aromatic nitrogens is 2. The fourth-order valence-corrected chi connectivity index (χ4v) is 3.71. The van der Waals surface area contributed by atoms with Crippen LogP contribution in [0.5, 0.6) is 17.2 Å². The van der Waals surface area contributed by atoms with Crippen LogP contribution in [0.15, 0.2) is 59.6 Å². The van der Waals surface area contributed by atoms with Gasteiger partial charge in [0.05, 0.1) is 27.4 Å². The number of rotatable bonds is 14. The van der Waals surface area contributed by atoms with Crippen LogP contribution in [0.2, 0.25) is 0 Å². The van der Waals surface area contributed by atoms with Crippen LogP contribution >= 0.6 is 0 Å². The first-order valence-electron chi connectivity index (χ1n) is 11.3. The molecule has 2 aromatic carbocycles. The minimum absolute atomic E-state index is 0.431. The van der Waals surface area contributed by atoms with Gasteiger partial charge in [-0.15, -0.1) is 6.58 Å². The highest BCUT2D eigenvalue weighted by Crippen LogP contribution is 2.40. The van der Waals surface area contributed by atoms with Gasteiger partial charge in [0, 0.05) is 31.6 Å². The summed E-state index contributed by atoms with van der Waals surface area (Å²) in [5.41, 5.74) is 1.88. The molecule has 0 radical (unpaired) electrons. The van der Waals surface area contributed by atoms with Gasteiger partial charge in [-0.05, 0) is 30.5 Å². The number of benzene rings is 2. The van der Waals surface area contributed by atoms with E-state index in [9.17, 15) is 5.11 Å². The molecule has 0 bridgehead atoms. The smallest absolute Gasteiger partial charge is 0.228 e. The lowest BCUT2D eigenvalue weighted by Crippen LogP contribution is -2.33. The van der Waals surface area contributed by atoms with Gasteiger partial charge in [-0.3, -0.25) is 4.90 Å². The zero-order chi connectivity index (χ0) is 24.3. The molecule has 0 amide bonds. The van der Waals surface area contributed by atoms with Crippen molar-refractivity contribution in [1.29, 1.82) is 0 Å². The number of hydrogen-bond acceptors (Lipinski definition) is 8. The second-order valence-electron chi connectivity index (χ2n) is 7.92. The topological polar surface area (TPSA) is 90.1 Å². The summed E-state index contributed by atoms with van der Waals surface area (Å²) in [6.07, 6.45) is 3.41. The second-order valence-corrected chi connectivity index (χ2v) is 7.92. The average molecular weight is 468 g/mol. The first-order chi connectivity index (χ1) is 16.6. The first kappa shape index (κ1) is 25.3. The molecule has 0 aliphatic rings. The van der Waals surface area contributed by atoms with Gasteiger partial charge in [0.15, 0.2) is 11.5 Å². The summed E-state index contributed by atoms with van der Waals surface area (Å²) in [5.74, 6) is 2.50. The zero-order valence-corrected chi connectivity index (χ0v) is 20.1.